The zero-order valence-electron chi connectivity index (χ0n) is 13.0. The monoisotopic (exact) mass is 325 g/mol. The number of nitrogens with zero attached hydrogens (tertiary/aromatic N) is 7. The molecule has 0 N–H and O–H groups in total. The van der Waals surface area contributed by atoms with Crippen molar-refractivity contribution < 1.29 is 0 Å². The number of benzene rings is 1. The van der Waals surface area contributed by atoms with Gasteiger partial charge in [-0.1, -0.05) is 30.3 Å². The SMILES string of the molecule is c1ccc(-c2cnc3ccc4nnc(-c5cnccn5)n4c3n2)cc1. The summed E-state index contributed by atoms with van der Waals surface area (Å²) in [6.45, 7) is 0. The molecule has 0 saturated heterocycles. The molecule has 0 radical (unpaired) electrons. The maximum Gasteiger partial charge on any atom is 0.190 e. The topological polar surface area (TPSA) is 81.8 Å². The lowest BCUT2D eigenvalue weighted by atomic mass is 10.2. The first-order valence-corrected chi connectivity index (χ1v) is 7.73. The van der Waals surface area contributed by atoms with E-state index in [-0.39, 0.29) is 0 Å². The van der Waals surface area contributed by atoms with E-state index < -0.39 is 0 Å². The highest BCUT2D eigenvalue weighted by molar-refractivity contribution is 5.79. The quantitative estimate of drug-likeness (QED) is 0.496. The molecule has 0 aliphatic heterocycles. The highest BCUT2D eigenvalue weighted by Gasteiger charge is 2.14. The van der Waals surface area contributed by atoms with Crippen LogP contribution in [0, 0.1) is 0 Å². The Kier molecular flexibility index (Phi) is 2.96. The van der Waals surface area contributed by atoms with Crippen LogP contribution in [0.4, 0.5) is 0 Å². The number of hydrogen-bond donors (Lipinski definition) is 0. The first kappa shape index (κ1) is 13.7. The average molecular weight is 325 g/mol. The summed E-state index contributed by atoms with van der Waals surface area (Å²) in [6.07, 6.45) is 6.68. The Hall–Kier alpha value is -3.74. The molecule has 7 heteroatoms. The summed E-state index contributed by atoms with van der Waals surface area (Å²) in [5.74, 6) is 0.591. The molecular formula is C18H11N7. The number of fused-ring (bicyclic) bond motifs is 3. The summed E-state index contributed by atoms with van der Waals surface area (Å²) in [5, 5.41) is 8.49. The van der Waals surface area contributed by atoms with Crippen LogP contribution in [-0.4, -0.2) is 34.5 Å². The van der Waals surface area contributed by atoms with Crippen molar-refractivity contribution in [2.24, 2.45) is 0 Å². The van der Waals surface area contributed by atoms with Crippen molar-refractivity contribution in [1.82, 2.24) is 34.5 Å². The summed E-state index contributed by atoms with van der Waals surface area (Å²) in [4.78, 5) is 17.8. The van der Waals surface area contributed by atoms with Crippen molar-refractivity contribution in [3.63, 3.8) is 0 Å². The summed E-state index contributed by atoms with van der Waals surface area (Å²) in [7, 11) is 0. The van der Waals surface area contributed by atoms with E-state index in [1.807, 2.05) is 46.9 Å². The minimum atomic E-state index is 0.591. The van der Waals surface area contributed by atoms with Gasteiger partial charge >= 0.3 is 0 Å². The molecule has 1 aromatic carbocycles. The van der Waals surface area contributed by atoms with Crippen LogP contribution in [0.5, 0.6) is 0 Å². The van der Waals surface area contributed by atoms with Crippen LogP contribution >= 0.6 is 0 Å². The third-order valence-corrected chi connectivity index (χ3v) is 3.93. The van der Waals surface area contributed by atoms with Crippen molar-refractivity contribution in [2.75, 3.05) is 0 Å². The summed E-state index contributed by atoms with van der Waals surface area (Å²) in [6, 6.07) is 13.7. The lowest BCUT2D eigenvalue weighted by Gasteiger charge is -2.06. The van der Waals surface area contributed by atoms with E-state index in [0.29, 0.717) is 22.8 Å². The fourth-order valence-corrected chi connectivity index (χ4v) is 2.77. The Morgan fingerprint density at radius 1 is 0.760 bits per heavy atom. The lowest BCUT2D eigenvalue weighted by molar-refractivity contribution is 1.07. The summed E-state index contributed by atoms with van der Waals surface area (Å²) >= 11 is 0. The Morgan fingerprint density at radius 2 is 1.68 bits per heavy atom. The van der Waals surface area contributed by atoms with Crippen molar-refractivity contribution in [1.29, 1.82) is 0 Å². The van der Waals surface area contributed by atoms with E-state index in [0.717, 1.165) is 16.8 Å². The minimum Gasteiger partial charge on any atom is -0.261 e. The first-order chi connectivity index (χ1) is 12.4. The Bertz CT molecular complexity index is 1180. The number of pyridine rings is 1. The van der Waals surface area contributed by atoms with E-state index in [1.165, 1.54) is 0 Å². The van der Waals surface area contributed by atoms with E-state index in [2.05, 4.69) is 25.1 Å². The first-order valence-electron chi connectivity index (χ1n) is 7.73. The second-order valence-electron chi connectivity index (χ2n) is 5.47. The van der Waals surface area contributed by atoms with Gasteiger partial charge in [-0.2, -0.15) is 0 Å². The second-order valence-corrected chi connectivity index (χ2v) is 5.47. The number of hydrogen-bond acceptors (Lipinski definition) is 6. The molecule has 7 nitrogen and oxygen atoms in total. The molecule has 0 unspecified atom stereocenters. The smallest absolute Gasteiger partial charge is 0.190 e. The zero-order valence-corrected chi connectivity index (χ0v) is 13.0. The molecule has 5 rings (SSSR count). The Labute approximate surface area is 142 Å². The van der Waals surface area contributed by atoms with Gasteiger partial charge in [-0.3, -0.25) is 14.4 Å². The molecule has 0 atom stereocenters. The van der Waals surface area contributed by atoms with Crippen LogP contribution in [0.25, 0.3) is 39.6 Å². The van der Waals surface area contributed by atoms with Gasteiger partial charge in [0.1, 0.15) is 11.2 Å². The maximum absolute atomic E-state index is 4.80. The van der Waals surface area contributed by atoms with Gasteiger partial charge < -0.3 is 0 Å². The molecule has 4 heterocycles. The van der Waals surface area contributed by atoms with Gasteiger partial charge in [0, 0.05) is 18.0 Å². The van der Waals surface area contributed by atoms with Gasteiger partial charge in [0.2, 0.25) is 0 Å². The van der Waals surface area contributed by atoms with Crippen LogP contribution in [0.2, 0.25) is 0 Å². The van der Waals surface area contributed by atoms with Gasteiger partial charge in [0.15, 0.2) is 17.1 Å². The van der Waals surface area contributed by atoms with Crippen LogP contribution in [0.1, 0.15) is 0 Å². The highest BCUT2D eigenvalue weighted by Crippen LogP contribution is 2.23. The fraction of sp³-hybridized carbons (Fsp3) is 0. The van der Waals surface area contributed by atoms with E-state index >= 15 is 0 Å². The predicted octanol–water partition coefficient (Wildman–Crippen LogP) is 2.80. The van der Waals surface area contributed by atoms with Gasteiger partial charge in [0.05, 0.1) is 18.1 Å². The lowest BCUT2D eigenvalue weighted by Crippen LogP contribution is -1.98. The van der Waals surface area contributed by atoms with E-state index in [1.54, 1.807) is 24.8 Å². The molecule has 0 amide bonds. The standard InChI is InChI=1S/C18H11N7/c1-2-4-12(5-3-1)14-11-21-13-6-7-16-23-24-18(25(16)17(13)22-14)15-10-19-8-9-20-15/h1-11H. The van der Waals surface area contributed by atoms with E-state index in [9.17, 15) is 0 Å². The minimum absolute atomic E-state index is 0.591. The van der Waals surface area contributed by atoms with Gasteiger partial charge in [-0.05, 0) is 12.1 Å². The largest absolute Gasteiger partial charge is 0.261 e. The molecule has 25 heavy (non-hydrogen) atoms. The summed E-state index contributed by atoms with van der Waals surface area (Å²) in [5.41, 5.74) is 4.56. The fourth-order valence-electron chi connectivity index (χ4n) is 2.77. The molecule has 0 aliphatic carbocycles. The molecule has 5 aromatic rings. The third kappa shape index (κ3) is 2.21. The Morgan fingerprint density at radius 3 is 2.52 bits per heavy atom. The highest BCUT2D eigenvalue weighted by atomic mass is 15.3. The van der Waals surface area contributed by atoms with Crippen LogP contribution in [0.15, 0.2) is 67.3 Å². The van der Waals surface area contributed by atoms with Gasteiger partial charge in [-0.25, -0.2) is 9.97 Å². The van der Waals surface area contributed by atoms with Crippen molar-refractivity contribution in [3.8, 4) is 22.8 Å². The number of rotatable bonds is 2. The van der Waals surface area contributed by atoms with Gasteiger partial charge in [-0.15, -0.1) is 10.2 Å². The summed E-state index contributed by atoms with van der Waals surface area (Å²) < 4.78 is 1.86. The number of aromatic nitrogens is 7. The normalized spacial score (nSPS) is 11.2. The van der Waals surface area contributed by atoms with E-state index in [4.69, 9.17) is 4.98 Å². The predicted molar refractivity (Wildman–Crippen MR) is 92.5 cm³/mol. The molecular weight excluding hydrogens is 314 g/mol. The maximum atomic E-state index is 4.80. The van der Waals surface area contributed by atoms with Crippen molar-refractivity contribution in [3.05, 3.63) is 67.3 Å². The molecule has 0 spiro atoms. The van der Waals surface area contributed by atoms with Crippen LogP contribution in [0.3, 0.4) is 0 Å². The Balaban J connectivity index is 1.83. The third-order valence-electron chi connectivity index (χ3n) is 3.93. The average Bonchev–Trinajstić information content (AvgIpc) is 3.14. The molecule has 0 bridgehead atoms. The molecule has 118 valence electrons. The van der Waals surface area contributed by atoms with Crippen LogP contribution in [-0.2, 0) is 0 Å². The molecule has 0 aliphatic rings. The van der Waals surface area contributed by atoms with Crippen LogP contribution < -0.4 is 0 Å². The molecule has 0 fully saturated rings. The zero-order chi connectivity index (χ0) is 16.6. The molecule has 0 saturated carbocycles. The van der Waals surface area contributed by atoms with Crippen molar-refractivity contribution >= 4 is 16.8 Å². The second kappa shape index (κ2) is 5.41. The van der Waals surface area contributed by atoms with Crippen molar-refractivity contribution in [2.45, 2.75) is 0 Å². The van der Waals surface area contributed by atoms with Gasteiger partial charge in [0.25, 0.3) is 0 Å². The molecule has 4 aromatic heterocycles.